The predicted molar refractivity (Wildman–Crippen MR) is 126 cm³/mol. The van der Waals surface area contributed by atoms with Gasteiger partial charge in [-0.3, -0.25) is 9.69 Å². The average molecular weight is 432 g/mol. The van der Waals surface area contributed by atoms with Crippen molar-refractivity contribution in [3.05, 3.63) is 66.5 Å². The largest absolute Gasteiger partial charge is 0.497 e. The molecule has 2 aromatic carbocycles. The van der Waals surface area contributed by atoms with Crippen LogP contribution in [0.5, 0.6) is 5.75 Å². The highest BCUT2D eigenvalue weighted by Gasteiger charge is 2.23. The van der Waals surface area contributed by atoms with E-state index in [9.17, 15) is 4.79 Å². The van der Waals surface area contributed by atoms with Gasteiger partial charge in [-0.2, -0.15) is 0 Å². The van der Waals surface area contributed by atoms with E-state index >= 15 is 0 Å². The molecule has 1 atom stereocenters. The Hall–Kier alpha value is -3.45. The van der Waals surface area contributed by atoms with Gasteiger partial charge in [0.1, 0.15) is 5.75 Å². The number of rotatable bonds is 8. The Morgan fingerprint density at radius 3 is 2.62 bits per heavy atom. The Morgan fingerprint density at radius 1 is 1.12 bits per heavy atom. The Bertz CT molecular complexity index is 1040. The first kappa shape index (κ1) is 21.8. The third-order valence-corrected chi connectivity index (χ3v) is 5.86. The molecule has 1 aliphatic heterocycles. The molecule has 0 spiro atoms. The zero-order chi connectivity index (χ0) is 22.3. The normalized spacial score (nSPS) is 16.0. The molecule has 2 N–H and O–H groups in total. The highest BCUT2D eigenvalue weighted by molar-refractivity contribution is 5.95. The maximum absolute atomic E-state index is 12.7. The maximum atomic E-state index is 12.7. The zero-order valence-corrected chi connectivity index (χ0v) is 18.5. The maximum Gasteiger partial charge on any atom is 0.251 e. The number of hydrogen-bond donors (Lipinski definition) is 2. The van der Waals surface area contributed by atoms with Crippen molar-refractivity contribution in [1.29, 1.82) is 0 Å². The summed E-state index contributed by atoms with van der Waals surface area (Å²) in [6.45, 7) is 4.99. The van der Waals surface area contributed by atoms with Crippen molar-refractivity contribution in [1.82, 2.24) is 20.2 Å². The quantitative estimate of drug-likeness (QED) is 0.559. The number of nitrogens with one attached hydrogen (secondary N) is 2. The molecule has 0 bridgehead atoms. The Morgan fingerprint density at radius 2 is 1.91 bits per heavy atom. The van der Waals surface area contributed by atoms with Crippen molar-refractivity contribution in [3.8, 4) is 16.9 Å². The molecule has 7 heteroatoms. The predicted octanol–water partition coefficient (Wildman–Crippen LogP) is 4.11. The van der Waals surface area contributed by atoms with Crippen molar-refractivity contribution in [2.24, 2.45) is 0 Å². The van der Waals surface area contributed by atoms with Crippen LogP contribution in [0.4, 0.5) is 11.6 Å². The van der Waals surface area contributed by atoms with E-state index in [-0.39, 0.29) is 5.91 Å². The number of likely N-dealkylation sites (tertiary alicyclic amines) is 1. The van der Waals surface area contributed by atoms with Crippen LogP contribution >= 0.6 is 0 Å². The second-order valence-electron chi connectivity index (χ2n) is 7.86. The summed E-state index contributed by atoms with van der Waals surface area (Å²) in [7, 11) is 1.65. The molecule has 1 saturated heterocycles. The van der Waals surface area contributed by atoms with Gasteiger partial charge in [0.15, 0.2) is 0 Å². The fraction of sp³-hybridized carbons (Fsp3) is 0.320. The van der Waals surface area contributed by atoms with E-state index in [0.717, 1.165) is 42.1 Å². The summed E-state index contributed by atoms with van der Waals surface area (Å²) >= 11 is 0. The van der Waals surface area contributed by atoms with Gasteiger partial charge in [-0.25, -0.2) is 9.97 Å². The molecule has 1 unspecified atom stereocenters. The highest BCUT2D eigenvalue weighted by atomic mass is 16.5. The van der Waals surface area contributed by atoms with E-state index < -0.39 is 0 Å². The Labute approximate surface area is 188 Å². The summed E-state index contributed by atoms with van der Waals surface area (Å²) in [5.41, 5.74) is 3.32. The summed E-state index contributed by atoms with van der Waals surface area (Å²) in [5, 5.41) is 6.26. The number of carbonyl (C=O) groups is 1. The number of hydrogen-bond acceptors (Lipinski definition) is 6. The molecular formula is C25H29N5O2. The molecule has 7 nitrogen and oxygen atoms in total. The molecule has 1 aliphatic rings. The minimum Gasteiger partial charge on any atom is -0.497 e. The third-order valence-electron chi connectivity index (χ3n) is 5.86. The summed E-state index contributed by atoms with van der Waals surface area (Å²) in [6, 6.07) is 15.6. The second kappa shape index (κ2) is 10.2. The van der Waals surface area contributed by atoms with Crippen molar-refractivity contribution in [2.45, 2.75) is 25.8 Å². The van der Waals surface area contributed by atoms with Gasteiger partial charge < -0.3 is 15.4 Å². The summed E-state index contributed by atoms with van der Waals surface area (Å²) in [5.74, 6) is 1.22. The lowest BCUT2D eigenvalue weighted by Gasteiger charge is -2.22. The van der Waals surface area contributed by atoms with E-state index in [4.69, 9.17) is 4.74 Å². The van der Waals surface area contributed by atoms with Crippen LogP contribution in [-0.4, -0.2) is 53.6 Å². The molecule has 1 amide bonds. The minimum absolute atomic E-state index is 0.0626. The van der Waals surface area contributed by atoms with Crippen molar-refractivity contribution in [2.75, 3.05) is 32.1 Å². The zero-order valence-electron chi connectivity index (χ0n) is 18.5. The highest BCUT2D eigenvalue weighted by Crippen LogP contribution is 2.22. The van der Waals surface area contributed by atoms with Crippen LogP contribution in [-0.2, 0) is 0 Å². The van der Waals surface area contributed by atoms with Crippen LogP contribution in [0.15, 0.2) is 60.9 Å². The lowest BCUT2D eigenvalue weighted by Crippen LogP contribution is -2.40. The van der Waals surface area contributed by atoms with Gasteiger partial charge in [0.25, 0.3) is 5.91 Å². The van der Waals surface area contributed by atoms with Gasteiger partial charge in [0.05, 0.1) is 7.11 Å². The first-order valence-corrected chi connectivity index (χ1v) is 11.0. The van der Waals surface area contributed by atoms with Gasteiger partial charge in [0.2, 0.25) is 5.95 Å². The van der Waals surface area contributed by atoms with Crippen LogP contribution < -0.4 is 15.4 Å². The minimum atomic E-state index is -0.0626. The lowest BCUT2D eigenvalue weighted by atomic mass is 10.1. The molecule has 2 heterocycles. The molecule has 1 aromatic heterocycles. The monoisotopic (exact) mass is 431 g/mol. The van der Waals surface area contributed by atoms with Gasteiger partial charge in [-0.1, -0.05) is 25.1 Å². The van der Waals surface area contributed by atoms with Crippen LogP contribution in [0.1, 0.15) is 30.1 Å². The number of aromatic nitrogens is 2. The summed E-state index contributed by atoms with van der Waals surface area (Å²) < 4.78 is 5.20. The number of ether oxygens (including phenoxy) is 1. The van der Waals surface area contributed by atoms with Crippen LogP contribution in [0.2, 0.25) is 0 Å². The lowest BCUT2D eigenvalue weighted by molar-refractivity contribution is 0.0941. The molecule has 32 heavy (non-hydrogen) atoms. The number of likely N-dealkylation sites (N-methyl/N-ethyl adjacent to an activating group) is 1. The summed E-state index contributed by atoms with van der Waals surface area (Å²) in [6.07, 6.45) is 5.88. The standard InChI is InChI=1S/C25H29N5O2/c1-3-30-13-5-8-22(30)17-26-24(31)19-6-4-7-21(14-19)29-25-27-15-20(16-28-25)18-9-11-23(32-2)12-10-18/h4,6-7,9-12,14-16,22H,3,5,8,13,17H2,1-2H3,(H,26,31)(H,27,28,29). The number of methoxy groups -OCH3 is 1. The van der Waals surface area contributed by atoms with E-state index in [1.165, 1.54) is 6.42 Å². The topological polar surface area (TPSA) is 79.4 Å². The fourth-order valence-corrected chi connectivity index (χ4v) is 4.05. The van der Waals surface area contributed by atoms with Crippen molar-refractivity contribution < 1.29 is 9.53 Å². The van der Waals surface area contributed by atoms with Crippen LogP contribution in [0, 0.1) is 0 Å². The van der Waals surface area contributed by atoms with Crippen molar-refractivity contribution in [3.63, 3.8) is 0 Å². The third kappa shape index (κ3) is 5.23. The smallest absolute Gasteiger partial charge is 0.251 e. The van der Waals surface area contributed by atoms with Crippen LogP contribution in [0.25, 0.3) is 11.1 Å². The van der Waals surface area contributed by atoms with E-state index in [1.54, 1.807) is 19.5 Å². The van der Waals surface area contributed by atoms with E-state index in [0.29, 0.717) is 24.1 Å². The molecule has 4 rings (SSSR count). The van der Waals surface area contributed by atoms with Crippen LogP contribution in [0.3, 0.4) is 0 Å². The van der Waals surface area contributed by atoms with Gasteiger partial charge in [-0.15, -0.1) is 0 Å². The van der Waals surface area contributed by atoms with Gasteiger partial charge in [-0.05, 0) is 61.8 Å². The van der Waals surface area contributed by atoms with Gasteiger partial charge in [0, 0.05) is 41.8 Å². The SMILES string of the molecule is CCN1CCCC1CNC(=O)c1cccc(Nc2ncc(-c3ccc(OC)cc3)cn2)c1. The van der Waals surface area contributed by atoms with E-state index in [2.05, 4.69) is 32.4 Å². The first-order chi connectivity index (χ1) is 15.7. The number of carbonyl (C=O) groups excluding carboxylic acids is 1. The second-order valence-corrected chi connectivity index (χ2v) is 7.86. The number of amides is 1. The van der Waals surface area contributed by atoms with Gasteiger partial charge >= 0.3 is 0 Å². The number of nitrogens with zero attached hydrogens (tertiary/aromatic N) is 3. The molecule has 0 saturated carbocycles. The Balaban J connectivity index is 1.37. The van der Waals surface area contributed by atoms with E-state index in [1.807, 2.05) is 48.5 Å². The number of benzene rings is 2. The molecule has 166 valence electrons. The number of anilines is 2. The first-order valence-electron chi connectivity index (χ1n) is 11.0. The Kier molecular flexibility index (Phi) is 6.97. The molecule has 1 fully saturated rings. The van der Waals surface area contributed by atoms with Crippen molar-refractivity contribution >= 4 is 17.5 Å². The fourth-order valence-electron chi connectivity index (χ4n) is 4.05. The molecular weight excluding hydrogens is 402 g/mol. The summed E-state index contributed by atoms with van der Waals surface area (Å²) in [4.78, 5) is 23.9. The molecule has 3 aromatic rings. The average Bonchev–Trinajstić information content (AvgIpc) is 3.31. The molecule has 0 radical (unpaired) electrons. The molecule has 0 aliphatic carbocycles.